The van der Waals surface area contributed by atoms with Gasteiger partial charge in [0.25, 0.3) is 0 Å². The van der Waals surface area contributed by atoms with Gasteiger partial charge >= 0.3 is 0 Å². The molecule has 0 aliphatic rings. The molecule has 3 heteroatoms. The van der Waals surface area contributed by atoms with Gasteiger partial charge in [0.05, 0.1) is 11.1 Å². The molecule has 0 radical (unpaired) electrons. The summed E-state index contributed by atoms with van der Waals surface area (Å²) < 4.78 is 12.7. The molecule has 0 saturated heterocycles. The first-order valence-corrected chi connectivity index (χ1v) is 15.2. The molecule has 9 aromatic rings. The molecular formula is C42H27NO2. The zero-order chi connectivity index (χ0) is 29.7. The third kappa shape index (κ3) is 4.29. The first kappa shape index (κ1) is 25.4. The van der Waals surface area contributed by atoms with E-state index in [1.54, 1.807) is 0 Å². The maximum atomic E-state index is 6.45. The summed E-state index contributed by atoms with van der Waals surface area (Å²) in [6, 6.07) is 54.9. The van der Waals surface area contributed by atoms with Gasteiger partial charge < -0.3 is 14.2 Å². The largest absolute Gasteiger partial charge is 0.456 e. The Morgan fingerprint density at radius 1 is 0.333 bits per heavy atom. The van der Waals surface area contributed by atoms with E-state index in [0.717, 1.165) is 77.5 Å². The van der Waals surface area contributed by atoms with Crippen molar-refractivity contribution in [1.29, 1.82) is 0 Å². The van der Waals surface area contributed by atoms with E-state index in [2.05, 4.69) is 139 Å². The summed E-state index contributed by atoms with van der Waals surface area (Å²) in [6.07, 6.45) is 0. The number of rotatable bonds is 5. The molecule has 7 aromatic carbocycles. The van der Waals surface area contributed by atoms with Crippen LogP contribution in [0.5, 0.6) is 0 Å². The lowest BCUT2D eigenvalue weighted by Crippen LogP contribution is -1.94. The number of hydrogen-bond acceptors (Lipinski definition) is 3. The topological polar surface area (TPSA) is 38.3 Å². The highest BCUT2D eigenvalue weighted by Crippen LogP contribution is 2.43. The quantitative estimate of drug-likeness (QED) is 0.221. The Morgan fingerprint density at radius 2 is 0.933 bits per heavy atom. The molecule has 0 fully saturated rings. The van der Waals surface area contributed by atoms with E-state index in [4.69, 9.17) is 8.83 Å². The number of nitrogens with one attached hydrogen (secondary N) is 1. The van der Waals surface area contributed by atoms with Crippen molar-refractivity contribution < 1.29 is 8.83 Å². The van der Waals surface area contributed by atoms with Crippen molar-refractivity contribution in [2.24, 2.45) is 0 Å². The van der Waals surface area contributed by atoms with E-state index in [-0.39, 0.29) is 0 Å². The van der Waals surface area contributed by atoms with E-state index in [1.807, 2.05) is 24.3 Å². The van der Waals surface area contributed by atoms with E-state index >= 15 is 0 Å². The fourth-order valence-electron chi connectivity index (χ4n) is 6.59. The fraction of sp³-hybridized carbons (Fsp3) is 0. The molecule has 2 heterocycles. The molecule has 212 valence electrons. The number of benzene rings is 7. The Hall–Kier alpha value is -6.06. The van der Waals surface area contributed by atoms with Crippen molar-refractivity contribution in [3.8, 4) is 33.4 Å². The highest BCUT2D eigenvalue weighted by atomic mass is 16.3. The van der Waals surface area contributed by atoms with E-state index in [9.17, 15) is 0 Å². The molecule has 0 amide bonds. The summed E-state index contributed by atoms with van der Waals surface area (Å²) in [4.78, 5) is 0. The molecule has 2 aromatic heterocycles. The molecule has 0 spiro atoms. The van der Waals surface area contributed by atoms with Crippen LogP contribution in [0.2, 0.25) is 0 Å². The predicted molar refractivity (Wildman–Crippen MR) is 187 cm³/mol. The van der Waals surface area contributed by atoms with Crippen LogP contribution in [0, 0.1) is 0 Å². The number of anilines is 2. The van der Waals surface area contributed by atoms with Gasteiger partial charge in [0.15, 0.2) is 0 Å². The number of fused-ring (bicyclic) bond motifs is 6. The van der Waals surface area contributed by atoms with Crippen LogP contribution in [0.3, 0.4) is 0 Å². The second-order valence-electron chi connectivity index (χ2n) is 11.4. The van der Waals surface area contributed by atoms with Gasteiger partial charge in [0, 0.05) is 27.4 Å². The van der Waals surface area contributed by atoms with Crippen LogP contribution in [0.4, 0.5) is 11.4 Å². The zero-order valence-electron chi connectivity index (χ0n) is 24.3. The van der Waals surface area contributed by atoms with Crippen LogP contribution < -0.4 is 5.32 Å². The predicted octanol–water partition coefficient (Wildman–Crippen LogP) is 12.2. The van der Waals surface area contributed by atoms with E-state index in [1.165, 1.54) is 11.1 Å². The molecule has 9 rings (SSSR count). The second kappa shape index (κ2) is 10.3. The SMILES string of the molecule is c1ccc(-c2cccc(-c3cccc4oc5cccc(Nc6ccccc6-c6ccc7c(c6)oc6ccccc67)c5c34)c2)cc1. The van der Waals surface area contributed by atoms with Crippen LogP contribution in [0.1, 0.15) is 0 Å². The van der Waals surface area contributed by atoms with Gasteiger partial charge in [-0.25, -0.2) is 0 Å². The van der Waals surface area contributed by atoms with E-state index < -0.39 is 0 Å². The van der Waals surface area contributed by atoms with Crippen LogP contribution in [-0.4, -0.2) is 0 Å². The minimum Gasteiger partial charge on any atom is -0.456 e. The van der Waals surface area contributed by atoms with Crippen molar-refractivity contribution in [1.82, 2.24) is 0 Å². The lowest BCUT2D eigenvalue weighted by Gasteiger charge is -2.14. The molecule has 0 saturated carbocycles. The van der Waals surface area contributed by atoms with Crippen LogP contribution in [0.25, 0.3) is 77.3 Å². The van der Waals surface area contributed by atoms with Gasteiger partial charge in [-0.15, -0.1) is 0 Å². The third-order valence-electron chi connectivity index (χ3n) is 8.69. The van der Waals surface area contributed by atoms with E-state index in [0.29, 0.717) is 0 Å². The normalized spacial score (nSPS) is 11.6. The second-order valence-corrected chi connectivity index (χ2v) is 11.4. The van der Waals surface area contributed by atoms with Gasteiger partial charge in [0.1, 0.15) is 22.3 Å². The first-order chi connectivity index (χ1) is 22.3. The van der Waals surface area contributed by atoms with Crippen molar-refractivity contribution in [2.75, 3.05) is 5.32 Å². The maximum Gasteiger partial charge on any atom is 0.137 e. The lowest BCUT2D eigenvalue weighted by molar-refractivity contribution is 0.668. The van der Waals surface area contributed by atoms with Crippen molar-refractivity contribution in [3.05, 3.63) is 158 Å². The van der Waals surface area contributed by atoms with Crippen LogP contribution in [0.15, 0.2) is 167 Å². The van der Waals surface area contributed by atoms with Gasteiger partial charge in [-0.1, -0.05) is 109 Å². The fourth-order valence-corrected chi connectivity index (χ4v) is 6.59. The summed E-state index contributed by atoms with van der Waals surface area (Å²) in [5.74, 6) is 0. The molecule has 0 bridgehead atoms. The molecule has 0 atom stereocenters. The molecular weight excluding hydrogens is 550 g/mol. The first-order valence-electron chi connectivity index (χ1n) is 15.2. The minimum atomic E-state index is 0.850. The lowest BCUT2D eigenvalue weighted by atomic mass is 9.95. The van der Waals surface area contributed by atoms with Gasteiger partial charge in [-0.05, 0) is 76.3 Å². The number of furan rings is 2. The number of hydrogen-bond donors (Lipinski definition) is 1. The highest BCUT2D eigenvalue weighted by molar-refractivity contribution is 6.18. The molecule has 0 aliphatic carbocycles. The van der Waals surface area contributed by atoms with Crippen molar-refractivity contribution in [3.63, 3.8) is 0 Å². The highest BCUT2D eigenvalue weighted by Gasteiger charge is 2.17. The van der Waals surface area contributed by atoms with Crippen LogP contribution in [-0.2, 0) is 0 Å². The summed E-state index contributed by atoms with van der Waals surface area (Å²) in [5.41, 5.74) is 12.4. The Balaban J connectivity index is 1.18. The zero-order valence-corrected chi connectivity index (χ0v) is 24.3. The summed E-state index contributed by atoms with van der Waals surface area (Å²) in [6.45, 7) is 0. The van der Waals surface area contributed by atoms with Gasteiger partial charge in [0.2, 0.25) is 0 Å². The smallest absolute Gasteiger partial charge is 0.137 e. The van der Waals surface area contributed by atoms with Gasteiger partial charge in [-0.2, -0.15) is 0 Å². The molecule has 3 nitrogen and oxygen atoms in total. The molecule has 0 unspecified atom stereocenters. The Morgan fingerprint density at radius 3 is 1.87 bits per heavy atom. The molecule has 1 N–H and O–H groups in total. The Bertz CT molecular complexity index is 2520. The number of para-hydroxylation sites is 2. The van der Waals surface area contributed by atoms with Crippen molar-refractivity contribution in [2.45, 2.75) is 0 Å². The molecule has 0 aliphatic heterocycles. The average molecular weight is 578 g/mol. The summed E-state index contributed by atoms with van der Waals surface area (Å²) in [5, 5.41) is 8.21. The maximum absolute atomic E-state index is 6.45. The summed E-state index contributed by atoms with van der Waals surface area (Å²) >= 11 is 0. The Kier molecular flexibility index (Phi) is 5.82. The standard InChI is InChI=1S/C42H27NO2/c1-2-11-27(12-3-1)28-13-8-14-29(25-28)32-17-9-21-38-41(32)42-36(19-10-22-39(42)45-38)43-35-18-6-4-15-31(35)30-23-24-34-33-16-5-7-20-37(33)44-40(34)26-30/h1-26,43H. The monoisotopic (exact) mass is 577 g/mol. The Labute approximate surface area is 260 Å². The average Bonchev–Trinajstić information content (AvgIpc) is 3.67. The van der Waals surface area contributed by atoms with Crippen molar-refractivity contribution >= 4 is 55.3 Å². The third-order valence-corrected chi connectivity index (χ3v) is 8.69. The summed E-state index contributed by atoms with van der Waals surface area (Å²) in [7, 11) is 0. The van der Waals surface area contributed by atoms with Gasteiger partial charge in [-0.3, -0.25) is 0 Å². The molecule has 45 heavy (non-hydrogen) atoms. The minimum absolute atomic E-state index is 0.850. The van der Waals surface area contributed by atoms with Crippen LogP contribution >= 0.6 is 0 Å².